The third-order valence-corrected chi connectivity index (χ3v) is 6.65. The van der Waals surface area contributed by atoms with E-state index in [2.05, 4.69) is 4.99 Å². The van der Waals surface area contributed by atoms with Crippen LogP contribution in [0.25, 0.3) is 6.08 Å². The standard InChI is InChI=1S/C26H26N2O6S/c1-6-34-25(30)21-15(2)27-26-28(22(21)16-10-12-18(31-3)13-11-16)24(29)20(35-26)14-17-8-7-9-19(32-4)23(17)33-5/h7-14,22H,6H2,1-5H3. The largest absolute Gasteiger partial charge is 0.497 e. The van der Waals surface area contributed by atoms with Crippen molar-refractivity contribution in [3.63, 3.8) is 0 Å². The van der Waals surface area contributed by atoms with Gasteiger partial charge in [0.15, 0.2) is 16.3 Å². The lowest BCUT2D eigenvalue weighted by atomic mass is 9.96. The van der Waals surface area contributed by atoms with Gasteiger partial charge in [-0.25, -0.2) is 9.79 Å². The summed E-state index contributed by atoms with van der Waals surface area (Å²) in [6, 6.07) is 12.0. The number of fused-ring (bicyclic) bond motifs is 1. The number of nitrogens with zero attached hydrogens (tertiary/aromatic N) is 2. The summed E-state index contributed by atoms with van der Waals surface area (Å²) in [6.45, 7) is 3.71. The number of ether oxygens (including phenoxy) is 4. The summed E-state index contributed by atoms with van der Waals surface area (Å²) in [5.41, 5.74) is 2.01. The number of hydrogen-bond acceptors (Lipinski definition) is 8. The Morgan fingerprint density at radius 2 is 1.83 bits per heavy atom. The fourth-order valence-corrected chi connectivity index (χ4v) is 5.10. The summed E-state index contributed by atoms with van der Waals surface area (Å²) in [4.78, 5) is 31.8. The van der Waals surface area contributed by atoms with Crippen molar-refractivity contribution in [2.24, 2.45) is 4.99 Å². The molecule has 35 heavy (non-hydrogen) atoms. The van der Waals surface area contributed by atoms with E-state index < -0.39 is 12.0 Å². The van der Waals surface area contributed by atoms with Crippen LogP contribution in [0.5, 0.6) is 17.2 Å². The number of carbonyl (C=O) groups is 1. The van der Waals surface area contributed by atoms with E-state index in [1.54, 1.807) is 64.0 Å². The van der Waals surface area contributed by atoms with Crippen molar-refractivity contribution in [3.05, 3.63) is 84.5 Å². The van der Waals surface area contributed by atoms with Crippen LogP contribution in [-0.2, 0) is 9.53 Å². The van der Waals surface area contributed by atoms with Crippen molar-refractivity contribution in [1.82, 2.24) is 4.57 Å². The predicted octanol–water partition coefficient (Wildman–Crippen LogP) is 2.82. The molecule has 2 aromatic carbocycles. The molecule has 0 N–H and O–H groups in total. The Kier molecular flexibility index (Phi) is 7.07. The minimum atomic E-state index is -0.689. The highest BCUT2D eigenvalue weighted by Gasteiger charge is 2.33. The zero-order chi connectivity index (χ0) is 25.1. The molecule has 0 spiro atoms. The average molecular weight is 495 g/mol. The summed E-state index contributed by atoms with van der Waals surface area (Å²) < 4.78 is 23.5. The van der Waals surface area contributed by atoms with Crippen molar-refractivity contribution in [2.45, 2.75) is 19.9 Å². The van der Waals surface area contributed by atoms with Crippen LogP contribution >= 0.6 is 11.3 Å². The van der Waals surface area contributed by atoms with E-state index in [0.717, 1.165) is 5.56 Å². The van der Waals surface area contributed by atoms with Gasteiger partial charge < -0.3 is 18.9 Å². The lowest BCUT2D eigenvalue weighted by Gasteiger charge is -2.24. The molecule has 182 valence electrons. The van der Waals surface area contributed by atoms with Gasteiger partial charge in [0, 0.05) is 5.56 Å². The van der Waals surface area contributed by atoms with Crippen LogP contribution in [0.3, 0.4) is 0 Å². The van der Waals surface area contributed by atoms with Crippen LogP contribution in [0.15, 0.2) is 63.5 Å². The monoisotopic (exact) mass is 494 g/mol. The SMILES string of the molecule is CCOC(=O)C1=C(C)N=c2sc(=Cc3cccc(OC)c3OC)c(=O)n2C1c1ccc(OC)cc1. The maximum atomic E-state index is 13.7. The number of aromatic nitrogens is 1. The molecule has 1 aromatic heterocycles. The highest BCUT2D eigenvalue weighted by molar-refractivity contribution is 7.07. The van der Waals surface area contributed by atoms with E-state index in [9.17, 15) is 9.59 Å². The Balaban J connectivity index is 1.96. The van der Waals surface area contributed by atoms with Crippen molar-refractivity contribution < 1.29 is 23.7 Å². The van der Waals surface area contributed by atoms with Crippen LogP contribution < -0.4 is 29.1 Å². The van der Waals surface area contributed by atoms with Gasteiger partial charge in [0.25, 0.3) is 5.56 Å². The highest BCUT2D eigenvalue weighted by Crippen LogP contribution is 2.33. The molecule has 0 fully saturated rings. The maximum absolute atomic E-state index is 13.7. The van der Waals surface area contributed by atoms with E-state index in [4.69, 9.17) is 18.9 Å². The lowest BCUT2D eigenvalue weighted by Crippen LogP contribution is -2.39. The summed E-state index contributed by atoms with van der Waals surface area (Å²) in [5, 5.41) is 0. The van der Waals surface area contributed by atoms with Gasteiger partial charge in [-0.15, -0.1) is 0 Å². The van der Waals surface area contributed by atoms with Gasteiger partial charge in [0.05, 0.1) is 49.8 Å². The highest BCUT2D eigenvalue weighted by atomic mass is 32.1. The second-order valence-electron chi connectivity index (χ2n) is 7.66. The molecule has 1 aliphatic heterocycles. The molecule has 1 aliphatic rings. The first-order valence-corrected chi connectivity index (χ1v) is 11.8. The lowest BCUT2D eigenvalue weighted by molar-refractivity contribution is -0.139. The van der Waals surface area contributed by atoms with Crippen LogP contribution in [0.1, 0.15) is 31.0 Å². The van der Waals surface area contributed by atoms with Gasteiger partial charge in [0.1, 0.15) is 5.75 Å². The minimum Gasteiger partial charge on any atom is -0.497 e. The summed E-state index contributed by atoms with van der Waals surface area (Å²) in [7, 11) is 4.69. The number of rotatable bonds is 7. The molecule has 9 heteroatoms. The van der Waals surface area contributed by atoms with E-state index in [1.807, 2.05) is 24.3 Å². The number of esters is 1. The number of methoxy groups -OCH3 is 3. The Morgan fingerprint density at radius 3 is 2.46 bits per heavy atom. The summed E-state index contributed by atoms with van der Waals surface area (Å²) in [5.74, 6) is 1.25. The maximum Gasteiger partial charge on any atom is 0.338 e. The fraction of sp³-hybridized carbons (Fsp3) is 0.269. The number of allylic oxidation sites excluding steroid dienone is 1. The van der Waals surface area contributed by atoms with Crippen LogP contribution in [0.2, 0.25) is 0 Å². The third kappa shape index (κ3) is 4.46. The normalized spacial score (nSPS) is 15.3. The molecule has 8 nitrogen and oxygen atoms in total. The summed E-state index contributed by atoms with van der Waals surface area (Å²) >= 11 is 1.25. The van der Waals surface area contributed by atoms with E-state index in [1.165, 1.54) is 11.3 Å². The molecule has 2 heterocycles. The molecule has 0 amide bonds. The van der Waals surface area contributed by atoms with E-state index in [0.29, 0.717) is 43.4 Å². The quantitative estimate of drug-likeness (QED) is 0.470. The number of hydrogen-bond donors (Lipinski definition) is 0. The number of benzene rings is 2. The Morgan fingerprint density at radius 1 is 1.09 bits per heavy atom. The second kappa shape index (κ2) is 10.2. The topological polar surface area (TPSA) is 88.4 Å². The number of carbonyl (C=O) groups excluding carboxylic acids is 1. The molecule has 1 unspecified atom stereocenters. The predicted molar refractivity (Wildman–Crippen MR) is 133 cm³/mol. The van der Waals surface area contributed by atoms with Crippen molar-refractivity contribution in [1.29, 1.82) is 0 Å². The number of para-hydroxylation sites is 1. The van der Waals surface area contributed by atoms with Gasteiger partial charge in [-0.3, -0.25) is 9.36 Å². The van der Waals surface area contributed by atoms with Gasteiger partial charge >= 0.3 is 5.97 Å². The molecule has 0 saturated carbocycles. The van der Waals surface area contributed by atoms with Crippen LogP contribution in [0.4, 0.5) is 0 Å². The zero-order valence-corrected chi connectivity index (χ0v) is 21.0. The van der Waals surface area contributed by atoms with Gasteiger partial charge in [0.2, 0.25) is 0 Å². The Bertz CT molecular complexity index is 1470. The van der Waals surface area contributed by atoms with Gasteiger partial charge in [-0.1, -0.05) is 35.6 Å². The Hall–Kier alpha value is -3.85. The van der Waals surface area contributed by atoms with Gasteiger partial charge in [-0.2, -0.15) is 0 Å². The fourth-order valence-electron chi connectivity index (χ4n) is 4.06. The summed E-state index contributed by atoms with van der Waals surface area (Å²) in [6.07, 6.45) is 1.75. The third-order valence-electron chi connectivity index (χ3n) is 5.67. The Labute approximate surface area is 206 Å². The van der Waals surface area contributed by atoms with Crippen LogP contribution in [-0.4, -0.2) is 38.5 Å². The molecule has 0 aliphatic carbocycles. The smallest absolute Gasteiger partial charge is 0.338 e. The zero-order valence-electron chi connectivity index (χ0n) is 20.2. The molecule has 0 bridgehead atoms. The first kappa shape index (κ1) is 24.3. The van der Waals surface area contributed by atoms with Gasteiger partial charge in [-0.05, 0) is 43.7 Å². The van der Waals surface area contributed by atoms with E-state index >= 15 is 0 Å². The molecular weight excluding hydrogens is 468 g/mol. The molecule has 1 atom stereocenters. The minimum absolute atomic E-state index is 0.213. The second-order valence-corrected chi connectivity index (χ2v) is 8.67. The van der Waals surface area contributed by atoms with Crippen molar-refractivity contribution in [2.75, 3.05) is 27.9 Å². The van der Waals surface area contributed by atoms with Crippen LogP contribution in [0, 0.1) is 0 Å². The molecule has 0 saturated heterocycles. The van der Waals surface area contributed by atoms with Crippen molar-refractivity contribution in [3.8, 4) is 17.2 Å². The first-order valence-electron chi connectivity index (χ1n) is 11.0. The van der Waals surface area contributed by atoms with Crippen molar-refractivity contribution >= 4 is 23.4 Å². The molecular formula is C26H26N2O6S. The number of thiazole rings is 1. The van der Waals surface area contributed by atoms with E-state index in [-0.39, 0.29) is 12.2 Å². The average Bonchev–Trinajstić information content (AvgIpc) is 3.17. The molecule has 3 aromatic rings. The molecule has 0 radical (unpaired) electrons. The first-order chi connectivity index (χ1) is 16.9. The molecule has 4 rings (SSSR count).